The van der Waals surface area contributed by atoms with Crippen LogP contribution in [0.3, 0.4) is 0 Å². The van der Waals surface area contributed by atoms with Gasteiger partial charge in [0.25, 0.3) is 5.91 Å². The van der Waals surface area contributed by atoms with Crippen LogP contribution >= 0.6 is 11.8 Å². The van der Waals surface area contributed by atoms with Gasteiger partial charge in [-0.25, -0.2) is 4.98 Å². The molecule has 1 aromatic heterocycles. The van der Waals surface area contributed by atoms with Crippen molar-refractivity contribution in [1.29, 1.82) is 0 Å². The molecule has 2 N–H and O–H groups in total. The molecule has 0 radical (unpaired) electrons. The number of aromatic nitrogens is 2. The van der Waals surface area contributed by atoms with Crippen LogP contribution in [0.4, 0.5) is 0 Å². The minimum absolute atomic E-state index is 0.0532. The van der Waals surface area contributed by atoms with E-state index in [4.69, 9.17) is 9.47 Å². The standard InChI is InChI=1S/C20H23N3O3S/c1-25-14-7-9-15(10-8-14)26-13-19(24)21-18(11-12-27-2)20-22-16-5-3-4-6-17(16)23-20/h3-10,18H,11-13H2,1-2H3,(H,21,24)(H,22,23)/t18-/m0/s1. The van der Waals surface area contributed by atoms with Crippen molar-refractivity contribution in [3.63, 3.8) is 0 Å². The van der Waals surface area contributed by atoms with Gasteiger partial charge in [0.2, 0.25) is 0 Å². The number of nitrogens with one attached hydrogen (secondary N) is 2. The van der Waals surface area contributed by atoms with Gasteiger partial charge in [-0.1, -0.05) is 12.1 Å². The predicted molar refractivity (Wildman–Crippen MR) is 108 cm³/mol. The number of benzene rings is 2. The zero-order valence-corrected chi connectivity index (χ0v) is 16.2. The fourth-order valence-electron chi connectivity index (χ4n) is 2.71. The van der Waals surface area contributed by atoms with E-state index in [1.54, 1.807) is 43.1 Å². The second-order valence-electron chi connectivity index (χ2n) is 6.00. The summed E-state index contributed by atoms with van der Waals surface area (Å²) in [7, 11) is 1.61. The third-order valence-corrected chi connectivity index (χ3v) is 4.76. The Morgan fingerprint density at radius 2 is 1.93 bits per heavy atom. The van der Waals surface area contributed by atoms with Crippen LogP contribution in [0.2, 0.25) is 0 Å². The molecule has 1 heterocycles. The van der Waals surface area contributed by atoms with Crippen LogP contribution in [-0.4, -0.2) is 41.6 Å². The van der Waals surface area contributed by atoms with Crippen LogP contribution < -0.4 is 14.8 Å². The molecule has 3 rings (SSSR count). The van der Waals surface area contributed by atoms with Gasteiger partial charge in [-0.3, -0.25) is 4.79 Å². The van der Waals surface area contributed by atoms with Crippen molar-refractivity contribution < 1.29 is 14.3 Å². The average Bonchev–Trinajstić information content (AvgIpc) is 3.14. The van der Waals surface area contributed by atoms with Crippen LogP contribution in [0.25, 0.3) is 11.0 Å². The summed E-state index contributed by atoms with van der Waals surface area (Å²) in [5.41, 5.74) is 1.86. The summed E-state index contributed by atoms with van der Waals surface area (Å²) in [6.07, 6.45) is 2.83. The minimum atomic E-state index is -0.184. The first-order chi connectivity index (χ1) is 13.2. The van der Waals surface area contributed by atoms with E-state index in [1.807, 2.05) is 30.5 Å². The quantitative estimate of drug-likeness (QED) is 0.589. The maximum Gasteiger partial charge on any atom is 0.258 e. The Kier molecular flexibility index (Phi) is 6.59. The Labute approximate surface area is 162 Å². The molecule has 27 heavy (non-hydrogen) atoms. The summed E-state index contributed by atoms with van der Waals surface area (Å²) in [5, 5.41) is 3.03. The van der Waals surface area contributed by atoms with Crippen molar-refractivity contribution >= 4 is 28.7 Å². The number of H-pyrrole nitrogens is 1. The Hall–Kier alpha value is -2.67. The Bertz CT molecular complexity index is 847. The van der Waals surface area contributed by atoms with E-state index >= 15 is 0 Å². The largest absolute Gasteiger partial charge is 0.497 e. The second kappa shape index (κ2) is 9.32. The van der Waals surface area contributed by atoms with Gasteiger partial charge in [-0.15, -0.1) is 0 Å². The average molecular weight is 385 g/mol. The number of para-hydroxylation sites is 2. The van der Waals surface area contributed by atoms with Gasteiger partial charge in [-0.05, 0) is 54.8 Å². The number of imidazole rings is 1. The highest BCUT2D eigenvalue weighted by Crippen LogP contribution is 2.20. The van der Waals surface area contributed by atoms with Crippen molar-refractivity contribution in [2.24, 2.45) is 0 Å². The maximum atomic E-state index is 12.4. The summed E-state index contributed by atoms with van der Waals surface area (Å²) in [4.78, 5) is 20.3. The molecule has 0 fully saturated rings. The van der Waals surface area contributed by atoms with Crippen LogP contribution in [0.5, 0.6) is 11.5 Å². The first-order valence-corrected chi connectivity index (χ1v) is 10.1. The van der Waals surface area contributed by atoms with Crippen molar-refractivity contribution in [2.75, 3.05) is 25.7 Å². The molecule has 7 heteroatoms. The fourth-order valence-corrected chi connectivity index (χ4v) is 3.18. The van der Waals surface area contributed by atoms with E-state index in [2.05, 4.69) is 15.3 Å². The normalized spacial score (nSPS) is 11.9. The van der Waals surface area contributed by atoms with Gasteiger partial charge in [0, 0.05) is 0 Å². The smallest absolute Gasteiger partial charge is 0.258 e. The molecule has 1 amide bonds. The highest BCUT2D eigenvalue weighted by Gasteiger charge is 2.18. The van der Waals surface area contributed by atoms with Crippen LogP contribution in [0.15, 0.2) is 48.5 Å². The number of aromatic amines is 1. The lowest BCUT2D eigenvalue weighted by Crippen LogP contribution is -2.33. The van der Waals surface area contributed by atoms with Crippen LogP contribution in [-0.2, 0) is 4.79 Å². The molecule has 0 aliphatic heterocycles. The highest BCUT2D eigenvalue weighted by atomic mass is 32.2. The Balaban J connectivity index is 1.63. The van der Waals surface area contributed by atoms with E-state index in [1.165, 1.54) is 0 Å². The Morgan fingerprint density at radius 1 is 1.19 bits per heavy atom. The molecule has 0 saturated carbocycles. The molecule has 3 aromatic rings. The number of nitrogens with zero attached hydrogens (tertiary/aromatic N) is 1. The first kappa shape index (κ1) is 19.1. The van der Waals surface area contributed by atoms with E-state index in [-0.39, 0.29) is 18.6 Å². The van der Waals surface area contributed by atoms with E-state index in [0.29, 0.717) is 5.75 Å². The lowest BCUT2D eigenvalue weighted by Gasteiger charge is -2.16. The zero-order chi connectivity index (χ0) is 19.1. The van der Waals surface area contributed by atoms with Gasteiger partial charge in [0.1, 0.15) is 17.3 Å². The number of carbonyl (C=O) groups is 1. The number of hydrogen-bond donors (Lipinski definition) is 2. The number of carbonyl (C=O) groups excluding carboxylic acids is 1. The van der Waals surface area contributed by atoms with Gasteiger partial charge in [-0.2, -0.15) is 11.8 Å². The SMILES string of the molecule is COc1ccc(OCC(=O)N[C@@H](CCSC)c2nc3ccccc3[nH]2)cc1. The molecular weight excluding hydrogens is 362 g/mol. The predicted octanol–water partition coefficient (Wildman–Crippen LogP) is 3.56. The lowest BCUT2D eigenvalue weighted by molar-refractivity contribution is -0.123. The van der Waals surface area contributed by atoms with Crippen molar-refractivity contribution in [3.05, 3.63) is 54.4 Å². The number of fused-ring (bicyclic) bond motifs is 1. The van der Waals surface area contributed by atoms with Crippen molar-refractivity contribution in [3.8, 4) is 11.5 Å². The van der Waals surface area contributed by atoms with Crippen molar-refractivity contribution in [2.45, 2.75) is 12.5 Å². The molecule has 0 saturated heterocycles. The summed E-state index contributed by atoms with van der Waals surface area (Å²) in [6, 6.07) is 14.8. The van der Waals surface area contributed by atoms with E-state index < -0.39 is 0 Å². The Morgan fingerprint density at radius 3 is 2.63 bits per heavy atom. The van der Waals surface area contributed by atoms with Gasteiger partial charge >= 0.3 is 0 Å². The first-order valence-electron chi connectivity index (χ1n) is 8.69. The van der Waals surface area contributed by atoms with E-state index in [0.717, 1.165) is 34.8 Å². The molecular formula is C20H23N3O3S. The van der Waals surface area contributed by atoms with Crippen molar-refractivity contribution in [1.82, 2.24) is 15.3 Å². The van der Waals surface area contributed by atoms with Crippen LogP contribution in [0.1, 0.15) is 18.3 Å². The number of ether oxygens (including phenoxy) is 2. The number of thioether (sulfide) groups is 1. The summed E-state index contributed by atoms with van der Waals surface area (Å²) < 4.78 is 10.7. The fraction of sp³-hybridized carbons (Fsp3) is 0.300. The third kappa shape index (κ3) is 5.17. The molecule has 142 valence electrons. The zero-order valence-electron chi connectivity index (χ0n) is 15.4. The lowest BCUT2D eigenvalue weighted by atomic mass is 10.2. The number of methoxy groups -OCH3 is 1. The molecule has 2 aromatic carbocycles. The topological polar surface area (TPSA) is 76.2 Å². The molecule has 0 unspecified atom stereocenters. The minimum Gasteiger partial charge on any atom is -0.497 e. The molecule has 0 bridgehead atoms. The second-order valence-corrected chi connectivity index (χ2v) is 6.99. The highest BCUT2D eigenvalue weighted by molar-refractivity contribution is 7.98. The van der Waals surface area contributed by atoms with E-state index in [9.17, 15) is 4.79 Å². The summed E-state index contributed by atoms with van der Waals surface area (Å²) in [6.45, 7) is -0.0532. The molecule has 0 aliphatic carbocycles. The summed E-state index contributed by atoms with van der Waals surface area (Å²) in [5.74, 6) is 2.87. The number of amides is 1. The molecule has 1 atom stereocenters. The summed E-state index contributed by atoms with van der Waals surface area (Å²) >= 11 is 1.74. The van der Waals surface area contributed by atoms with Crippen LogP contribution in [0, 0.1) is 0 Å². The number of hydrogen-bond acceptors (Lipinski definition) is 5. The van der Waals surface area contributed by atoms with Gasteiger partial charge in [0.15, 0.2) is 6.61 Å². The molecule has 6 nitrogen and oxygen atoms in total. The van der Waals surface area contributed by atoms with Gasteiger partial charge in [0.05, 0.1) is 24.2 Å². The molecule has 0 aliphatic rings. The monoisotopic (exact) mass is 385 g/mol. The maximum absolute atomic E-state index is 12.4. The number of rotatable bonds is 9. The van der Waals surface area contributed by atoms with Gasteiger partial charge < -0.3 is 19.8 Å². The third-order valence-electron chi connectivity index (χ3n) is 4.11. The molecule has 0 spiro atoms.